The number of furan rings is 1. The van der Waals surface area contributed by atoms with Crippen molar-refractivity contribution < 1.29 is 4.42 Å². The quantitative estimate of drug-likeness (QED) is 0.209. The lowest BCUT2D eigenvalue weighted by Crippen LogP contribution is -2.23. The monoisotopic (exact) mass is 576 g/mol. The maximum absolute atomic E-state index is 6.48. The third-order valence-corrected chi connectivity index (χ3v) is 9.39. The minimum Gasteiger partial charge on any atom is -0.455 e. The molecule has 0 radical (unpaired) electrons. The van der Waals surface area contributed by atoms with E-state index in [2.05, 4.69) is 128 Å². The van der Waals surface area contributed by atoms with Crippen molar-refractivity contribution in [3.05, 3.63) is 168 Å². The van der Waals surface area contributed by atoms with Crippen LogP contribution in [-0.2, 0) is 5.41 Å². The number of nitrogens with zero attached hydrogens (tertiary/aromatic N) is 2. The van der Waals surface area contributed by atoms with Crippen molar-refractivity contribution in [3.63, 3.8) is 0 Å². The van der Waals surface area contributed by atoms with Gasteiger partial charge in [-0.05, 0) is 52.9 Å². The summed E-state index contributed by atoms with van der Waals surface area (Å²) in [6.45, 7) is 2.35. The van der Waals surface area contributed by atoms with E-state index in [1.165, 1.54) is 27.8 Å². The molecule has 9 rings (SSSR count). The third-order valence-electron chi connectivity index (χ3n) is 9.39. The molecule has 45 heavy (non-hydrogen) atoms. The molecule has 0 saturated carbocycles. The van der Waals surface area contributed by atoms with Crippen LogP contribution >= 0.6 is 0 Å². The Kier molecular flexibility index (Phi) is 5.63. The van der Waals surface area contributed by atoms with Crippen molar-refractivity contribution >= 4 is 21.9 Å². The molecule has 212 valence electrons. The average molecular weight is 577 g/mol. The lowest BCUT2D eigenvalue weighted by atomic mass is 9.72. The summed E-state index contributed by atoms with van der Waals surface area (Å²) < 4.78 is 6.48. The molecule has 1 aliphatic rings. The van der Waals surface area contributed by atoms with Gasteiger partial charge in [0.15, 0.2) is 5.82 Å². The van der Waals surface area contributed by atoms with Crippen molar-refractivity contribution in [2.45, 2.75) is 12.3 Å². The Labute approximate surface area is 261 Å². The van der Waals surface area contributed by atoms with Gasteiger partial charge in [0.2, 0.25) is 0 Å². The first-order valence-corrected chi connectivity index (χ1v) is 15.3. The zero-order chi connectivity index (χ0) is 30.0. The zero-order valence-corrected chi connectivity index (χ0v) is 24.7. The standard InChI is InChI=1S/C42H28N2O/c1-42(28-16-6-3-7-17-28)35-24-10-8-18-29(35)31-20-12-22-33(39(31)42)36-26-37(44-41(43-36)27-14-4-2-5-15-27)34-23-13-21-32-30-19-9-11-25-38(30)45-40(32)34/h2-26H,1H3. The van der Waals surface area contributed by atoms with Crippen LogP contribution in [0, 0.1) is 0 Å². The van der Waals surface area contributed by atoms with Crippen LogP contribution in [0.1, 0.15) is 23.6 Å². The SMILES string of the molecule is CC1(c2ccccc2)c2ccccc2-c2cccc(-c3cc(-c4cccc5c4oc4ccccc45)nc(-c4ccccc4)n3)c21. The summed E-state index contributed by atoms with van der Waals surface area (Å²) in [5, 5.41) is 2.18. The highest BCUT2D eigenvalue weighted by atomic mass is 16.3. The molecule has 1 atom stereocenters. The fourth-order valence-corrected chi connectivity index (χ4v) is 7.28. The molecule has 1 aliphatic carbocycles. The van der Waals surface area contributed by atoms with Crippen LogP contribution < -0.4 is 0 Å². The Bertz CT molecular complexity index is 2390. The van der Waals surface area contributed by atoms with Crippen LogP contribution in [0.25, 0.3) is 67.0 Å². The number of hydrogen-bond acceptors (Lipinski definition) is 3. The summed E-state index contributed by atoms with van der Waals surface area (Å²) >= 11 is 0. The zero-order valence-electron chi connectivity index (χ0n) is 24.7. The van der Waals surface area contributed by atoms with Gasteiger partial charge in [0, 0.05) is 32.9 Å². The predicted molar refractivity (Wildman–Crippen MR) is 183 cm³/mol. The molecule has 3 heteroatoms. The van der Waals surface area contributed by atoms with Gasteiger partial charge in [0.05, 0.1) is 11.4 Å². The van der Waals surface area contributed by atoms with E-state index < -0.39 is 0 Å². The summed E-state index contributed by atoms with van der Waals surface area (Å²) in [7, 11) is 0. The Balaban J connectivity index is 1.34. The van der Waals surface area contributed by atoms with E-state index >= 15 is 0 Å². The van der Waals surface area contributed by atoms with Crippen LogP contribution in [-0.4, -0.2) is 9.97 Å². The molecule has 0 N–H and O–H groups in total. The number of benzene rings is 6. The highest BCUT2D eigenvalue weighted by Crippen LogP contribution is 2.55. The molecule has 0 fully saturated rings. The second-order valence-corrected chi connectivity index (χ2v) is 11.9. The van der Waals surface area contributed by atoms with Crippen molar-refractivity contribution in [3.8, 4) is 45.0 Å². The van der Waals surface area contributed by atoms with E-state index in [0.29, 0.717) is 5.82 Å². The predicted octanol–water partition coefficient (Wildman–Crippen LogP) is 10.7. The van der Waals surface area contributed by atoms with Gasteiger partial charge < -0.3 is 4.42 Å². The fraction of sp³-hybridized carbons (Fsp3) is 0.0476. The maximum atomic E-state index is 6.48. The molecule has 0 bridgehead atoms. The fourth-order valence-electron chi connectivity index (χ4n) is 7.28. The van der Waals surface area contributed by atoms with Crippen molar-refractivity contribution in [2.24, 2.45) is 0 Å². The molecule has 2 aromatic heterocycles. The van der Waals surface area contributed by atoms with E-state index in [1.54, 1.807) is 0 Å². The van der Waals surface area contributed by atoms with Crippen molar-refractivity contribution in [1.82, 2.24) is 9.97 Å². The third kappa shape index (κ3) is 3.84. The van der Waals surface area contributed by atoms with Gasteiger partial charge in [0.25, 0.3) is 0 Å². The molecule has 6 aromatic carbocycles. The lowest BCUT2D eigenvalue weighted by Gasteiger charge is -2.30. The maximum Gasteiger partial charge on any atom is 0.160 e. The normalized spacial score (nSPS) is 15.3. The van der Waals surface area contributed by atoms with Crippen molar-refractivity contribution in [1.29, 1.82) is 0 Å². The number of rotatable bonds is 4. The highest BCUT2D eigenvalue weighted by Gasteiger charge is 2.42. The van der Waals surface area contributed by atoms with E-state index in [9.17, 15) is 0 Å². The number of aromatic nitrogens is 2. The molecule has 1 unspecified atom stereocenters. The van der Waals surface area contributed by atoms with Crippen LogP contribution in [0.2, 0.25) is 0 Å². The van der Waals surface area contributed by atoms with Crippen LogP contribution in [0.3, 0.4) is 0 Å². The van der Waals surface area contributed by atoms with Gasteiger partial charge in [-0.2, -0.15) is 0 Å². The molecule has 3 nitrogen and oxygen atoms in total. The Hall–Kier alpha value is -5.80. The molecule has 2 heterocycles. The van der Waals surface area contributed by atoms with Gasteiger partial charge in [-0.1, -0.05) is 133 Å². The first kappa shape index (κ1) is 25.7. The second-order valence-electron chi connectivity index (χ2n) is 11.9. The first-order valence-electron chi connectivity index (χ1n) is 15.3. The molecular formula is C42H28N2O. The van der Waals surface area contributed by atoms with E-state index in [1.807, 2.05) is 30.3 Å². The Morgan fingerprint density at radius 2 is 1.11 bits per heavy atom. The molecule has 0 amide bonds. The number of para-hydroxylation sites is 2. The lowest BCUT2D eigenvalue weighted by molar-refractivity contribution is 0.670. The molecule has 0 aliphatic heterocycles. The minimum atomic E-state index is -0.361. The summed E-state index contributed by atoms with van der Waals surface area (Å²) in [4.78, 5) is 10.5. The summed E-state index contributed by atoms with van der Waals surface area (Å²) in [5.74, 6) is 0.686. The van der Waals surface area contributed by atoms with Gasteiger partial charge >= 0.3 is 0 Å². The smallest absolute Gasteiger partial charge is 0.160 e. The van der Waals surface area contributed by atoms with Gasteiger partial charge in [-0.3, -0.25) is 0 Å². The summed E-state index contributed by atoms with van der Waals surface area (Å²) in [6, 6.07) is 53.2. The Morgan fingerprint density at radius 3 is 1.96 bits per heavy atom. The molecule has 0 spiro atoms. The number of fused-ring (bicyclic) bond motifs is 6. The van der Waals surface area contributed by atoms with Gasteiger partial charge in [-0.15, -0.1) is 0 Å². The molecular weight excluding hydrogens is 548 g/mol. The largest absolute Gasteiger partial charge is 0.455 e. The van der Waals surface area contributed by atoms with E-state index in [-0.39, 0.29) is 5.41 Å². The topological polar surface area (TPSA) is 38.9 Å². The number of hydrogen-bond donors (Lipinski definition) is 0. The van der Waals surface area contributed by atoms with Gasteiger partial charge in [0.1, 0.15) is 11.2 Å². The second kappa shape index (κ2) is 9.87. The van der Waals surface area contributed by atoms with Gasteiger partial charge in [-0.25, -0.2) is 9.97 Å². The van der Waals surface area contributed by atoms with E-state index in [0.717, 1.165) is 50.0 Å². The molecule has 8 aromatic rings. The van der Waals surface area contributed by atoms with Crippen LogP contribution in [0.15, 0.2) is 156 Å². The Morgan fingerprint density at radius 1 is 0.511 bits per heavy atom. The highest BCUT2D eigenvalue weighted by molar-refractivity contribution is 6.09. The first-order chi connectivity index (χ1) is 22.2. The van der Waals surface area contributed by atoms with E-state index in [4.69, 9.17) is 14.4 Å². The summed E-state index contributed by atoms with van der Waals surface area (Å²) in [6.07, 6.45) is 0. The van der Waals surface area contributed by atoms with Crippen molar-refractivity contribution in [2.75, 3.05) is 0 Å². The summed E-state index contributed by atoms with van der Waals surface area (Å²) in [5.41, 5.74) is 12.4. The van der Waals surface area contributed by atoms with Crippen LogP contribution in [0.5, 0.6) is 0 Å². The van der Waals surface area contributed by atoms with Crippen LogP contribution in [0.4, 0.5) is 0 Å². The average Bonchev–Trinajstić information content (AvgIpc) is 3.63. The minimum absolute atomic E-state index is 0.361. The molecule has 0 saturated heterocycles.